The third-order valence-electron chi connectivity index (χ3n) is 3.44. The van der Waals surface area contributed by atoms with Crippen molar-refractivity contribution in [2.75, 3.05) is 26.2 Å². The number of hydrogen-bond acceptors (Lipinski definition) is 2. The summed E-state index contributed by atoms with van der Waals surface area (Å²) in [5, 5.41) is 3.53. The van der Waals surface area contributed by atoms with E-state index in [0.717, 1.165) is 11.8 Å². The van der Waals surface area contributed by atoms with Gasteiger partial charge in [0.15, 0.2) is 0 Å². The third kappa shape index (κ3) is 2.05. The average molecular weight is 182 g/mol. The molecule has 0 saturated carbocycles. The Hall–Kier alpha value is -0.0800. The van der Waals surface area contributed by atoms with Crippen LogP contribution in [-0.2, 0) is 0 Å². The molecular formula is C11H22N2. The number of piperidine rings is 2. The first-order chi connectivity index (χ1) is 6.05. The van der Waals surface area contributed by atoms with E-state index >= 15 is 0 Å². The highest BCUT2D eigenvalue weighted by molar-refractivity contribution is 4.90. The fourth-order valence-corrected chi connectivity index (χ4v) is 2.65. The topological polar surface area (TPSA) is 15.3 Å². The molecule has 2 heteroatoms. The van der Waals surface area contributed by atoms with Gasteiger partial charge in [-0.05, 0) is 52.1 Å². The lowest BCUT2D eigenvalue weighted by atomic mass is 9.84. The van der Waals surface area contributed by atoms with Gasteiger partial charge in [0.05, 0.1) is 0 Å². The lowest BCUT2D eigenvalue weighted by Gasteiger charge is -2.47. The molecule has 13 heavy (non-hydrogen) atoms. The molecule has 0 aromatic heterocycles. The van der Waals surface area contributed by atoms with Crippen molar-refractivity contribution in [3.63, 3.8) is 0 Å². The van der Waals surface area contributed by atoms with E-state index in [9.17, 15) is 0 Å². The Labute approximate surface area is 81.7 Å². The maximum Gasteiger partial charge on any atom is 0.0125 e. The third-order valence-corrected chi connectivity index (χ3v) is 3.44. The summed E-state index contributed by atoms with van der Waals surface area (Å²) >= 11 is 0. The minimum absolute atomic E-state index is 0.369. The van der Waals surface area contributed by atoms with Crippen LogP contribution in [0.5, 0.6) is 0 Å². The zero-order chi connectivity index (χ0) is 9.47. The number of nitrogens with one attached hydrogen (secondary N) is 1. The smallest absolute Gasteiger partial charge is 0.0125 e. The summed E-state index contributed by atoms with van der Waals surface area (Å²) in [7, 11) is 0. The maximum atomic E-state index is 3.53. The minimum Gasteiger partial charge on any atom is -0.316 e. The second kappa shape index (κ2) is 3.25. The molecule has 2 fully saturated rings. The largest absolute Gasteiger partial charge is 0.316 e. The second-order valence-corrected chi connectivity index (χ2v) is 5.70. The normalized spacial score (nSPS) is 36.2. The summed E-state index contributed by atoms with van der Waals surface area (Å²) in [4.78, 5) is 2.66. The van der Waals surface area contributed by atoms with Crippen LogP contribution >= 0.6 is 0 Å². The molecule has 2 saturated heterocycles. The van der Waals surface area contributed by atoms with Crippen molar-refractivity contribution in [3.8, 4) is 0 Å². The first-order valence-electron chi connectivity index (χ1n) is 5.51. The van der Waals surface area contributed by atoms with E-state index < -0.39 is 0 Å². The molecule has 0 spiro atoms. The van der Waals surface area contributed by atoms with Gasteiger partial charge in [0.25, 0.3) is 0 Å². The van der Waals surface area contributed by atoms with E-state index in [2.05, 4.69) is 31.0 Å². The van der Waals surface area contributed by atoms with Gasteiger partial charge in [-0.3, -0.25) is 4.90 Å². The molecule has 76 valence electrons. The molecular weight excluding hydrogens is 160 g/mol. The van der Waals surface area contributed by atoms with Crippen molar-refractivity contribution in [3.05, 3.63) is 0 Å². The number of hydrogen-bond donors (Lipinski definition) is 1. The van der Waals surface area contributed by atoms with Crippen LogP contribution in [0.3, 0.4) is 0 Å². The number of rotatable bonds is 0. The quantitative estimate of drug-likeness (QED) is 0.608. The van der Waals surface area contributed by atoms with E-state index in [1.807, 2.05) is 0 Å². The molecule has 2 heterocycles. The van der Waals surface area contributed by atoms with Gasteiger partial charge < -0.3 is 5.32 Å². The van der Waals surface area contributed by atoms with Gasteiger partial charge >= 0.3 is 0 Å². The lowest BCUT2D eigenvalue weighted by Crippen LogP contribution is -2.56. The molecule has 0 radical (unpaired) electrons. The van der Waals surface area contributed by atoms with Gasteiger partial charge in [0, 0.05) is 18.6 Å². The van der Waals surface area contributed by atoms with E-state index in [1.165, 1.54) is 32.6 Å². The molecule has 2 nitrogen and oxygen atoms in total. The van der Waals surface area contributed by atoms with Crippen LogP contribution in [0.2, 0.25) is 0 Å². The van der Waals surface area contributed by atoms with Crippen molar-refractivity contribution in [1.29, 1.82) is 0 Å². The molecule has 0 aromatic carbocycles. The van der Waals surface area contributed by atoms with Crippen LogP contribution in [-0.4, -0.2) is 36.6 Å². The van der Waals surface area contributed by atoms with Crippen molar-refractivity contribution < 1.29 is 0 Å². The van der Waals surface area contributed by atoms with E-state index in [-0.39, 0.29) is 0 Å². The summed E-state index contributed by atoms with van der Waals surface area (Å²) in [6.45, 7) is 12.1. The van der Waals surface area contributed by atoms with Gasteiger partial charge in [0.2, 0.25) is 0 Å². The Balaban J connectivity index is 2.01. The first-order valence-corrected chi connectivity index (χ1v) is 5.51. The Kier molecular flexibility index (Phi) is 2.37. The zero-order valence-corrected chi connectivity index (χ0v) is 9.14. The Morgan fingerprint density at radius 3 is 2.08 bits per heavy atom. The standard InChI is InChI=1S/C11H22N2/c1-11(2,3)13-7-9-4-10(8-13)6-12-5-9/h9-10,12H,4-8H2,1-3H3/t9-,10-/m0/s1. The molecule has 2 rings (SSSR count). The summed E-state index contributed by atoms with van der Waals surface area (Å²) < 4.78 is 0. The van der Waals surface area contributed by atoms with Crippen LogP contribution in [0.15, 0.2) is 0 Å². The second-order valence-electron chi connectivity index (χ2n) is 5.70. The highest BCUT2D eigenvalue weighted by Gasteiger charge is 2.34. The molecule has 0 aliphatic carbocycles. The van der Waals surface area contributed by atoms with Gasteiger partial charge in [-0.1, -0.05) is 0 Å². The first kappa shape index (κ1) is 9.47. The molecule has 1 N–H and O–H groups in total. The van der Waals surface area contributed by atoms with Crippen LogP contribution in [0, 0.1) is 11.8 Å². The Morgan fingerprint density at radius 2 is 1.62 bits per heavy atom. The summed E-state index contributed by atoms with van der Waals surface area (Å²) in [5.74, 6) is 1.82. The molecule has 0 aromatic rings. The SMILES string of the molecule is CC(C)(C)N1C[C@@H]2CNC[C@H](C2)C1. The van der Waals surface area contributed by atoms with Crippen molar-refractivity contribution in [2.45, 2.75) is 32.7 Å². The molecule has 0 amide bonds. The van der Waals surface area contributed by atoms with E-state index in [0.29, 0.717) is 5.54 Å². The van der Waals surface area contributed by atoms with Crippen LogP contribution in [0.25, 0.3) is 0 Å². The fraction of sp³-hybridized carbons (Fsp3) is 1.00. The van der Waals surface area contributed by atoms with Gasteiger partial charge in [-0.15, -0.1) is 0 Å². The Morgan fingerprint density at radius 1 is 1.08 bits per heavy atom. The fourth-order valence-electron chi connectivity index (χ4n) is 2.65. The van der Waals surface area contributed by atoms with Crippen molar-refractivity contribution in [1.82, 2.24) is 10.2 Å². The minimum atomic E-state index is 0.369. The van der Waals surface area contributed by atoms with Gasteiger partial charge in [0.1, 0.15) is 0 Å². The predicted octanol–water partition coefficient (Wildman–Crippen LogP) is 1.33. The summed E-state index contributed by atoms with van der Waals surface area (Å²) in [6.07, 6.45) is 1.46. The summed E-state index contributed by atoms with van der Waals surface area (Å²) in [6, 6.07) is 0. The number of nitrogens with zero attached hydrogens (tertiary/aromatic N) is 1. The lowest BCUT2D eigenvalue weighted by molar-refractivity contribution is 0.0310. The number of likely N-dealkylation sites (tertiary alicyclic amines) is 1. The maximum absolute atomic E-state index is 3.53. The highest BCUT2D eigenvalue weighted by atomic mass is 15.2. The number of fused-ring (bicyclic) bond motifs is 2. The molecule has 0 unspecified atom stereocenters. The Bertz CT molecular complexity index is 171. The van der Waals surface area contributed by atoms with Crippen LogP contribution in [0.4, 0.5) is 0 Å². The van der Waals surface area contributed by atoms with Crippen molar-refractivity contribution >= 4 is 0 Å². The molecule has 2 atom stereocenters. The predicted molar refractivity (Wildman–Crippen MR) is 55.8 cm³/mol. The summed E-state index contributed by atoms with van der Waals surface area (Å²) in [5.41, 5.74) is 0.369. The van der Waals surface area contributed by atoms with Crippen LogP contribution in [0.1, 0.15) is 27.2 Å². The molecule has 2 bridgehead atoms. The molecule has 2 aliphatic rings. The van der Waals surface area contributed by atoms with Crippen LogP contribution < -0.4 is 5.32 Å². The highest BCUT2D eigenvalue weighted by Crippen LogP contribution is 2.28. The molecule has 2 aliphatic heterocycles. The van der Waals surface area contributed by atoms with Crippen molar-refractivity contribution in [2.24, 2.45) is 11.8 Å². The average Bonchev–Trinajstić information content (AvgIpc) is 2.01. The monoisotopic (exact) mass is 182 g/mol. The van der Waals surface area contributed by atoms with Gasteiger partial charge in [-0.25, -0.2) is 0 Å². The van der Waals surface area contributed by atoms with E-state index in [4.69, 9.17) is 0 Å². The van der Waals surface area contributed by atoms with E-state index in [1.54, 1.807) is 0 Å². The van der Waals surface area contributed by atoms with Gasteiger partial charge in [-0.2, -0.15) is 0 Å². The zero-order valence-electron chi connectivity index (χ0n) is 9.14.